The van der Waals surface area contributed by atoms with Crippen LogP contribution in [-0.2, 0) is 32.5 Å². The minimum atomic E-state index is -0.156. The molecule has 0 saturated carbocycles. The minimum Gasteiger partial charge on any atom is -0.311 e. The van der Waals surface area contributed by atoms with Gasteiger partial charge in [-0.25, -0.2) is 0 Å². The molecule has 0 unspecified atom stereocenters. The summed E-state index contributed by atoms with van der Waals surface area (Å²) in [5.41, 5.74) is 22.2. The number of nitrogens with zero attached hydrogens (tertiary/aromatic N) is 3. The molecule has 0 radical (unpaired) electrons. The van der Waals surface area contributed by atoms with Crippen LogP contribution in [-0.4, -0.2) is 6.71 Å². The van der Waals surface area contributed by atoms with E-state index in [4.69, 9.17) is 0 Å². The summed E-state index contributed by atoms with van der Waals surface area (Å²) in [5.74, 6) is 0. The fraction of sp³-hybridized carbons (Fsp3) is 0.364. The molecule has 0 fully saturated rings. The van der Waals surface area contributed by atoms with Crippen LogP contribution >= 0.6 is 0 Å². The van der Waals surface area contributed by atoms with Gasteiger partial charge in [-0.1, -0.05) is 222 Å². The molecule has 0 amide bonds. The van der Waals surface area contributed by atoms with Gasteiger partial charge in [-0.15, -0.1) is 0 Å². The van der Waals surface area contributed by atoms with Crippen molar-refractivity contribution >= 4 is 74.3 Å². The summed E-state index contributed by atoms with van der Waals surface area (Å²) in [5, 5.41) is 0. The van der Waals surface area contributed by atoms with Gasteiger partial charge in [-0.05, 0) is 131 Å². The van der Waals surface area contributed by atoms with Crippen LogP contribution in [0, 0.1) is 0 Å². The second-order valence-electron chi connectivity index (χ2n) is 26.5. The Labute approximate surface area is 423 Å². The van der Waals surface area contributed by atoms with Gasteiger partial charge in [0.2, 0.25) is 0 Å². The molecule has 0 bridgehead atoms. The van der Waals surface area contributed by atoms with Crippen LogP contribution in [0.1, 0.15) is 158 Å². The van der Waals surface area contributed by atoms with E-state index in [-0.39, 0.29) is 39.2 Å². The molecule has 7 aromatic rings. The molecular weight excluding hydrogens is 846 g/mol. The fourth-order valence-electron chi connectivity index (χ4n) is 11.2. The van der Waals surface area contributed by atoms with Crippen molar-refractivity contribution in [3.05, 3.63) is 179 Å². The second kappa shape index (κ2) is 16.8. The molecule has 0 N–H and O–H groups in total. The van der Waals surface area contributed by atoms with Crippen LogP contribution in [0.25, 0.3) is 0 Å². The van der Waals surface area contributed by atoms with Gasteiger partial charge in [-0.2, -0.15) is 0 Å². The zero-order chi connectivity index (χ0) is 50.7. The number of benzene rings is 7. The summed E-state index contributed by atoms with van der Waals surface area (Å²) >= 11 is 0. The van der Waals surface area contributed by atoms with E-state index in [2.05, 4.69) is 285 Å². The van der Waals surface area contributed by atoms with E-state index in [1.54, 1.807) is 0 Å². The van der Waals surface area contributed by atoms with Crippen molar-refractivity contribution in [2.45, 2.75) is 157 Å². The van der Waals surface area contributed by atoms with Crippen LogP contribution in [0.3, 0.4) is 0 Å². The van der Waals surface area contributed by atoms with Crippen LogP contribution in [0.15, 0.2) is 146 Å². The maximum absolute atomic E-state index is 2.69. The first-order valence-electron chi connectivity index (χ1n) is 25.8. The van der Waals surface area contributed by atoms with Gasteiger partial charge in [0, 0.05) is 45.5 Å². The Kier molecular flexibility index (Phi) is 11.8. The van der Waals surface area contributed by atoms with Gasteiger partial charge < -0.3 is 14.7 Å². The highest BCUT2D eigenvalue weighted by atomic mass is 15.2. The van der Waals surface area contributed by atoms with E-state index in [1.807, 2.05) is 0 Å². The number of rotatable bonds is 5. The summed E-state index contributed by atoms with van der Waals surface area (Å²) in [4.78, 5) is 7.89. The average molecular weight is 924 g/mol. The molecule has 2 heterocycles. The maximum Gasteiger partial charge on any atom is 0.252 e. The third-order valence-corrected chi connectivity index (χ3v) is 14.9. The largest absolute Gasteiger partial charge is 0.311 e. The van der Waals surface area contributed by atoms with Crippen LogP contribution in [0.4, 0.5) is 51.2 Å². The van der Waals surface area contributed by atoms with E-state index < -0.39 is 0 Å². The number of hydrogen-bond acceptors (Lipinski definition) is 3. The Morgan fingerprint density at radius 1 is 0.314 bits per heavy atom. The average Bonchev–Trinajstić information content (AvgIpc) is 3.27. The van der Waals surface area contributed by atoms with Crippen molar-refractivity contribution < 1.29 is 0 Å². The van der Waals surface area contributed by atoms with Crippen LogP contribution < -0.4 is 31.1 Å². The lowest BCUT2D eigenvalue weighted by molar-refractivity contribution is 0.587. The Bertz CT molecular complexity index is 2890. The molecule has 2 aliphatic heterocycles. The van der Waals surface area contributed by atoms with Crippen molar-refractivity contribution in [3.8, 4) is 0 Å². The monoisotopic (exact) mass is 924 g/mol. The Morgan fingerprint density at radius 3 is 0.971 bits per heavy atom. The Morgan fingerprint density at radius 2 is 0.643 bits per heavy atom. The molecule has 0 atom stereocenters. The van der Waals surface area contributed by atoms with Crippen molar-refractivity contribution in [1.82, 2.24) is 0 Å². The first-order chi connectivity index (χ1) is 32.6. The van der Waals surface area contributed by atoms with E-state index in [9.17, 15) is 0 Å². The van der Waals surface area contributed by atoms with E-state index in [0.717, 1.165) is 17.1 Å². The third kappa shape index (κ3) is 8.58. The Hall–Kier alpha value is -6.00. The summed E-state index contributed by atoms with van der Waals surface area (Å²) in [6, 6.07) is 56.4. The SMILES string of the molecule is CC(C)(C)c1ccc(N(c2ccc(C(C)(C)C)cc2)c2cc3c4c(c2)N(c2ccccc2C(C)(C)C)c2c(cccc2C(C)(C)C)B4c2cccc(C(C)(C)C)c2N3c2ccccc2C(C)(C)C)cc1. The predicted molar refractivity (Wildman–Crippen MR) is 307 cm³/mol. The summed E-state index contributed by atoms with van der Waals surface area (Å²) in [6.07, 6.45) is 0. The number of anilines is 9. The van der Waals surface area contributed by atoms with Crippen molar-refractivity contribution in [1.29, 1.82) is 0 Å². The van der Waals surface area contributed by atoms with E-state index >= 15 is 0 Å². The molecule has 4 heteroatoms. The molecule has 0 spiro atoms. The van der Waals surface area contributed by atoms with Crippen molar-refractivity contribution in [2.24, 2.45) is 0 Å². The highest BCUT2D eigenvalue weighted by Gasteiger charge is 2.47. The second-order valence-corrected chi connectivity index (χ2v) is 26.5. The van der Waals surface area contributed by atoms with Gasteiger partial charge in [0.25, 0.3) is 6.71 Å². The lowest BCUT2D eigenvalue weighted by Crippen LogP contribution is -2.62. The molecule has 360 valence electrons. The predicted octanol–water partition coefficient (Wildman–Crippen LogP) is 17.0. The summed E-state index contributed by atoms with van der Waals surface area (Å²) in [7, 11) is 0. The third-order valence-electron chi connectivity index (χ3n) is 14.9. The molecule has 0 aromatic heterocycles. The van der Waals surface area contributed by atoms with Gasteiger partial charge in [0.05, 0.1) is 5.69 Å². The fourth-order valence-corrected chi connectivity index (χ4v) is 11.2. The van der Waals surface area contributed by atoms with Gasteiger partial charge in [0.15, 0.2) is 0 Å². The number of fused-ring (bicyclic) bond motifs is 4. The molecule has 2 aliphatic rings. The molecule has 0 aliphatic carbocycles. The molecular formula is C66H78BN3. The topological polar surface area (TPSA) is 9.72 Å². The van der Waals surface area contributed by atoms with Crippen LogP contribution in [0.2, 0.25) is 0 Å². The summed E-state index contributed by atoms with van der Waals surface area (Å²) < 4.78 is 0. The first-order valence-corrected chi connectivity index (χ1v) is 25.8. The lowest BCUT2D eigenvalue weighted by atomic mass is 9.33. The zero-order valence-corrected chi connectivity index (χ0v) is 45.8. The highest BCUT2D eigenvalue weighted by molar-refractivity contribution is 7.00. The molecule has 9 rings (SSSR count). The van der Waals surface area contributed by atoms with Crippen LogP contribution in [0.5, 0.6) is 0 Å². The van der Waals surface area contributed by atoms with Gasteiger partial charge >= 0.3 is 0 Å². The highest BCUT2D eigenvalue weighted by Crippen LogP contribution is 2.53. The standard InChI is InChI=1S/C66H78BN3/c1-61(2,3)43-33-37-45(38-34-43)68(46-39-35-44(36-40-46)62(4,5)6)47-41-56-58-57(42-47)70(55-32-22-20-26-49(55)64(10,11)12)60-51(66(16,17)18)28-24-30-53(60)67(58)52-29-23-27-50(65(13,14)15)59(52)69(56)54-31-21-19-25-48(54)63(7,8)9/h19-42H,1-18H3. The van der Waals surface area contributed by atoms with Crippen molar-refractivity contribution in [3.63, 3.8) is 0 Å². The van der Waals surface area contributed by atoms with E-state index in [0.29, 0.717) is 0 Å². The van der Waals surface area contributed by atoms with Gasteiger partial charge in [0.1, 0.15) is 0 Å². The zero-order valence-electron chi connectivity index (χ0n) is 45.8. The quantitative estimate of drug-likeness (QED) is 0.159. The first kappa shape index (κ1) is 49.0. The Balaban J connectivity index is 1.51. The lowest BCUT2D eigenvalue weighted by Gasteiger charge is -2.48. The molecule has 0 saturated heterocycles. The van der Waals surface area contributed by atoms with Gasteiger partial charge in [-0.3, -0.25) is 0 Å². The maximum atomic E-state index is 2.69. The molecule has 3 nitrogen and oxygen atoms in total. The van der Waals surface area contributed by atoms with Crippen molar-refractivity contribution in [2.75, 3.05) is 14.7 Å². The smallest absolute Gasteiger partial charge is 0.252 e. The normalized spacial score (nSPS) is 14.1. The van der Waals surface area contributed by atoms with E-state index in [1.165, 1.54) is 83.9 Å². The number of para-hydroxylation sites is 4. The minimum absolute atomic E-state index is 0.0148. The summed E-state index contributed by atoms with van der Waals surface area (Å²) in [6.45, 7) is 42.3. The number of hydrogen-bond donors (Lipinski definition) is 0. The molecule has 7 aromatic carbocycles. The molecule has 70 heavy (non-hydrogen) atoms.